The van der Waals surface area contributed by atoms with Gasteiger partial charge in [0.1, 0.15) is 0 Å². The molecular weight excluding hydrogens is 996 g/mol. The fourth-order valence-electron chi connectivity index (χ4n) is 13.0. The van der Waals surface area contributed by atoms with Gasteiger partial charge in [0.15, 0.2) is 0 Å². The Morgan fingerprint density at radius 3 is 1.52 bits per heavy atom. The van der Waals surface area contributed by atoms with E-state index in [2.05, 4.69) is 62.1 Å². The molecule has 12 aromatic carbocycles. The van der Waals surface area contributed by atoms with E-state index in [9.17, 15) is 13.7 Å². The van der Waals surface area contributed by atoms with Gasteiger partial charge in [0.05, 0.1) is 46.8 Å². The largest absolute Gasteiger partial charge is 0.310 e. The van der Waals surface area contributed by atoms with Crippen molar-refractivity contribution in [1.29, 1.82) is 0 Å². The molecule has 4 heteroatoms. The lowest BCUT2D eigenvalue weighted by Crippen LogP contribution is -2.65. The van der Waals surface area contributed by atoms with Crippen molar-refractivity contribution in [2.45, 2.75) is 41.4 Å². The van der Waals surface area contributed by atoms with Gasteiger partial charge in [-0.3, -0.25) is 0 Å². The van der Waals surface area contributed by atoms with Crippen LogP contribution in [0.25, 0.3) is 72.0 Å². The number of rotatable bonds is 6. The first-order chi connectivity index (χ1) is 47.3. The topological polar surface area (TPSA) is 8.17 Å². The van der Waals surface area contributed by atoms with Crippen LogP contribution in [0.5, 0.6) is 0 Å². The summed E-state index contributed by atoms with van der Waals surface area (Å²) in [7, 11) is 0. The highest BCUT2D eigenvalue weighted by atomic mass is 32.2. The maximum absolute atomic E-state index is 9.97. The second kappa shape index (κ2) is 18.4. The van der Waals surface area contributed by atoms with Crippen LogP contribution >= 0.6 is 11.8 Å². The van der Waals surface area contributed by atoms with Gasteiger partial charge in [-0.05, 0) is 132 Å². The van der Waals surface area contributed by atoms with Crippen molar-refractivity contribution in [3.63, 3.8) is 0 Å². The fraction of sp³-hybridized carbons (Fsp3) is 0.0649. The number of anilines is 3. The maximum Gasteiger partial charge on any atom is 0.247 e. The summed E-state index contributed by atoms with van der Waals surface area (Å²) in [6.45, 7) is 5.52. The third-order valence-corrected chi connectivity index (χ3v) is 17.6. The number of nitrogens with zero attached hydrogens (tertiary/aromatic N) is 2. The molecule has 382 valence electrons. The second-order valence-electron chi connectivity index (χ2n) is 21.8. The average Bonchev–Trinajstić information content (AvgIpc) is 1.43. The van der Waals surface area contributed by atoms with E-state index in [1.807, 2.05) is 121 Å². The lowest BCUT2D eigenvalue weighted by molar-refractivity contribution is 0.591. The minimum Gasteiger partial charge on any atom is -0.310 e. The second-order valence-corrected chi connectivity index (χ2v) is 22.9. The van der Waals surface area contributed by atoms with Gasteiger partial charge in [0, 0.05) is 48.8 Å². The molecule has 0 amide bonds. The van der Waals surface area contributed by atoms with Gasteiger partial charge < -0.3 is 9.47 Å². The predicted molar refractivity (Wildman–Crippen MR) is 343 cm³/mol. The average molecular weight is 1070 g/mol. The lowest BCUT2D eigenvalue weighted by Gasteiger charge is -2.51. The summed E-state index contributed by atoms with van der Waals surface area (Å²) in [4.78, 5) is 3.89. The summed E-state index contributed by atoms with van der Waals surface area (Å²) in [5.74, 6) is 0. The molecule has 3 aliphatic rings. The number of hydrogen-bond acceptors (Lipinski definition) is 2. The molecule has 3 aliphatic heterocycles. The van der Waals surface area contributed by atoms with Crippen LogP contribution in [0.15, 0.2) is 288 Å². The Morgan fingerprint density at radius 2 is 0.938 bits per heavy atom. The zero-order valence-corrected chi connectivity index (χ0v) is 44.9. The quantitative estimate of drug-likeness (QED) is 0.153. The molecule has 13 aromatic rings. The van der Waals surface area contributed by atoms with Crippen molar-refractivity contribution >= 4 is 73.7 Å². The van der Waals surface area contributed by atoms with Crippen LogP contribution in [0.2, 0.25) is 0 Å². The minimum atomic E-state index is -1.41. The summed E-state index contributed by atoms with van der Waals surface area (Å²) in [5.41, 5.74) is 9.21. The highest BCUT2D eigenvalue weighted by Crippen LogP contribution is 2.59. The normalized spacial score (nSPS) is 16.7. The molecule has 0 unspecified atom stereocenters. The van der Waals surface area contributed by atoms with Gasteiger partial charge in [0.25, 0.3) is 0 Å². The molecule has 0 saturated heterocycles. The number of para-hydroxylation sites is 2. The highest BCUT2D eigenvalue weighted by Gasteiger charge is 2.54. The summed E-state index contributed by atoms with van der Waals surface area (Å²) in [5, 5.41) is -0.253. The molecule has 0 N–H and O–H groups in total. The Kier molecular flexibility index (Phi) is 7.40. The van der Waals surface area contributed by atoms with E-state index in [0.29, 0.717) is 50.1 Å². The molecule has 0 radical (unpaired) electrons. The van der Waals surface area contributed by atoms with Crippen molar-refractivity contribution in [3.8, 4) is 50.2 Å². The van der Waals surface area contributed by atoms with Crippen molar-refractivity contribution < 1.29 is 24.7 Å². The Balaban J connectivity index is 1.20. The highest BCUT2D eigenvalue weighted by molar-refractivity contribution is 7.99. The van der Waals surface area contributed by atoms with Crippen LogP contribution in [0.3, 0.4) is 0 Å². The van der Waals surface area contributed by atoms with Crippen molar-refractivity contribution in [2.24, 2.45) is 0 Å². The molecule has 1 spiro atoms. The summed E-state index contributed by atoms with van der Waals surface area (Å²) in [6.07, 6.45) is 0. The Bertz CT molecular complexity index is 5530. The minimum absolute atomic E-state index is 0.0344. The van der Waals surface area contributed by atoms with Crippen LogP contribution in [0.4, 0.5) is 17.1 Å². The van der Waals surface area contributed by atoms with Gasteiger partial charge in [-0.25, -0.2) is 0 Å². The van der Waals surface area contributed by atoms with E-state index in [1.54, 1.807) is 28.5 Å². The van der Waals surface area contributed by atoms with E-state index in [1.165, 1.54) is 0 Å². The van der Waals surface area contributed by atoms with Gasteiger partial charge in [-0.2, -0.15) is 0 Å². The van der Waals surface area contributed by atoms with Crippen LogP contribution < -0.4 is 21.3 Å². The first-order valence-electron chi connectivity index (χ1n) is 35.9. The molecule has 0 saturated carbocycles. The fourth-order valence-corrected chi connectivity index (χ4v) is 14.2. The zero-order chi connectivity index (χ0) is 69.6. The van der Waals surface area contributed by atoms with Gasteiger partial charge in [0.2, 0.25) is 6.71 Å². The molecule has 0 fully saturated rings. The zero-order valence-electron chi connectivity index (χ0n) is 62.0. The first kappa shape index (κ1) is 32.7. The smallest absolute Gasteiger partial charge is 0.247 e. The Labute approximate surface area is 504 Å². The first-order valence-corrected chi connectivity index (χ1v) is 27.7. The van der Waals surface area contributed by atoms with Gasteiger partial charge >= 0.3 is 0 Å². The molecule has 16 rings (SSSR count). The third-order valence-electron chi connectivity index (χ3n) is 16.5. The maximum atomic E-state index is 9.97. The molecule has 0 atom stereocenters. The van der Waals surface area contributed by atoms with Crippen LogP contribution in [-0.4, -0.2) is 11.3 Å². The van der Waals surface area contributed by atoms with Crippen LogP contribution in [0, 0.1) is 0 Å². The van der Waals surface area contributed by atoms with Crippen molar-refractivity contribution in [1.82, 2.24) is 4.57 Å². The monoisotopic (exact) mass is 1070 g/mol. The van der Waals surface area contributed by atoms with Gasteiger partial charge in [-0.1, -0.05) is 262 Å². The molecular formula is C77H55BN2S. The van der Waals surface area contributed by atoms with Crippen LogP contribution in [0.1, 0.15) is 73.3 Å². The summed E-state index contributed by atoms with van der Waals surface area (Å²) < 4.78 is 169. The molecule has 81 heavy (non-hydrogen) atoms. The lowest BCUT2D eigenvalue weighted by atomic mass is 9.29. The molecule has 0 bridgehead atoms. The summed E-state index contributed by atoms with van der Waals surface area (Å²) >= 11 is 1.58. The van der Waals surface area contributed by atoms with Gasteiger partial charge in [-0.15, -0.1) is 0 Å². The third kappa shape index (κ3) is 7.23. The van der Waals surface area contributed by atoms with Crippen molar-refractivity contribution in [3.05, 3.63) is 306 Å². The number of benzene rings is 12. The number of hydrogen-bond donors (Lipinski definition) is 0. The van der Waals surface area contributed by atoms with Crippen LogP contribution in [-0.2, 0) is 10.8 Å². The summed E-state index contributed by atoms with van der Waals surface area (Å²) in [6, 6.07) is 45.9. The Hall–Kier alpha value is -9.35. The van der Waals surface area contributed by atoms with E-state index < -0.39 is 126 Å². The Morgan fingerprint density at radius 1 is 0.420 bits per heavy atom. The molecule has 4 heterocycles. The van der Waals surface area contributed by atoms with E-state index in [-0.39, 0.29) is 44.2 Å². The van der Waals surface area contributed by atoms with E-state index in [4.69, 9.17) is 11.0 Å². The number of aromatic nitrogens is 1. The van der Waals surface area contributed by atoms with E-state index in [0.717, 1.165) is 48.7 Å². The molecule has 1 aromatic heterocycles. The van der Waals surface area contributed by atoms with E-state index >= 15 is 0 Å². The molecule has 2 nitrogen and oxygen atoms in total. The standard InChI is InChI=1S/C77H55BN2S/c1-76(2,3)56-46-60(52-28-12-6-13-29-52)75(61(47-56)53-30-14-7-15-31-53)80-70-45-55(51-26-10-5-11-27-51)41-43-66(70)78-67-44-54(50-24-8-4-9-25-50)40-42-62(67)77(63-34-18-22-38-72(63)81-73-39-23-19-35-64(73)77)65-48-57(49-71(80)74(65)78)79-68-36-20-16-32-58(68)59-33-17-21-37-69(59)79/h4-49H,1-3H3/i4D,5D,8D,9D,10D,11D,16D,17D,20D,21D,24D,25D,26D,27D,32D,33D,36D,37D. The van der Waals surface area contributed by atoms with Crippen molar-refractivity contribution in [2.75, 3.05) is 4.90 Å². The molecule has 0 aliphatic carbocycles. The predicted octanol–water partition coefficient (Wildman–Crippen LogP) is 18.2. The SMILES string of the molecule is [2H]c1c([2H])c([2H])c(-c2ccc3c(c2)B2c4ccc(-c5c([2H])c([2H])c([2H])c([2H])c5[2H])cc4N(c4c(-c5ccccc5)cc(C(C)(C)C)cc4-c4ccccc4)c4cc(-n5c6c([2H])c([2H])c([2H])c([2H])c6c6c([2H])c([2H])c([2H])c([2H])c65)cc(c42)C32c3ccccc3Sc3ccccc32)c([2H])c1[2H]. The number of fused-ring (bicyclic) bond motifs is 13.